The first-order valence-corrected chi connectivity index (χ1v) is 16.7. The molecule has 3 amide bonds. The molecule has 46 heavy (non-hydrogen) atoms. The second-order valence-corrected chi connectivity index (χ2v) is 13.5. The van der Waals surface area contributed by atoms with Crippen molar-refractivity contribution < 1.29 is 14.4 Å². The van der Waals surface area contributed by atoms with Crippen molar-refractivity contribution in [3.63, 3.8) is 0 Å². The Balaban J connectivity index is 1.02. The normalized spacial score (nSPS) is 18.9. The van der Waals surface area contributed by atoms with Gasteiger partial charge >= 0.3 is 0 Å². The first-order chi connectivity index (χ1) is 22.2. The number of rotatable bonds is 6. The zero-order chi connectivity index (χ0) is 32.3. The van der Waals surface area contributed by atoms with Gasteiger partial charge in [0.1, 0.15) is 0 Å². The Labute approximate surface area is 272 Å². The Morgan fingerprint density at radius 1 is 0.674 bits per heavy atom. The molecule has 4 heterocycles. The molecule has 0 bridgehead atoms. The van der Waals surface area contributed by atoms with Crippen molar-refractivity contribution in [3.05, 3.63) is 78.4 Å². The summed E-state index contributed by atoms with van der Waals surface area (Å²) >= 11 is 0. The number of likely N-dealkylation sites (tertiary alicyclic amines) is 2. The van der Waals surface area contributed by atoms with Gasteiger partial charge in [-0.2, -0.15) is 0 Å². The number of amides is 3. The third-order valence-corrected chi connectivity index (χ3v) is 9.79. The van der Waals surface area contributed by atoms with Crippen LogP contribution in [0.15, 0.2) is 72.8 Å². The predicted molar refractivity (Wildman–Crippen MR) is 180 cm³/mol. The van der Waals surface area contributed by atoms with E-state index in [4.69, 9.17) is 10.7 Å². The highest BCUT2D eigenvalue weighted by Gasteiger charge is 2.36. The minimum absolute atomic E-state index is 0.0194. The molecule has 3 fully saturated rings. The molecule has 3 aromatic rings. The fourth-order valence-electron chi connectivity index (χ4n) is 7.09. The molecule has 2 aromatic carbocycles. The van der Waals surface area contributed by atoms with Crippen LogP contribution in [0, 0.1) is 5.92 Å². The summed E-state index contributed by atoms with van der Waals surface area (Å²) in [6.45, 7) is 9.20. The lowest BCUT2D eigenvalue weighted by Crippen LogP contribution is -2.56. The molecule has 0 aliphatic carbocycles. The van der Waals surface area contributed by atoms with E-state index in [0.29, 0.717) is 50.6 Å². The van der Waals surface area contributed by atoms with E-state index in [2.05, 4.69) is 4.90 Å². The zero-order valence-electron chi connectivity index (χ0n) is 27.1. The smallest absolute Gasteiger partial charge is 0.254 e. The quantitative estimate of drug-likeness (QED) is 0.444. The minimum atomic E-state index is -0.881. The Hall–Kier alpha value is -4.08. The Bertz CT molecular complexity index is 1460. The molecule has 1 aromatic heterocycles. The molecule has 6 rings (SSSR count). The zero-order valence-corrected chi connectivity index (χ0v) is 27.1. The average Bonchev–Trinajstić information content (AvgIpc) is 3.11. The highest BCUT2D eigenvalue weighted by atomic mass is 16.2. The van der Waals surface area contributed by atoms with Crippen molar-refractivity contribution in [3.8, 4) is 22.5 Å². The summed E-state index contributed by atoms with van der Waals surface area (Å²) < 4.78 is 0. The van der Waals surface area contributed by atoms with Crippen LogP contribution in [0.1, 0.15) is 49.9 Å². The van der Waals surface area contributed by atoms with Crippen LogP contribution in [0.5, 0.6) is 0 Å². The lowest BCUT2D eigenvalue weighted by Gasteiger charge is -2.43. The van der Waals surface area contributed by atoms with Crippen molar-refractivity contribution in [2.24, 2.45) is 11.7 Å². The van der Waals surface area contributed by atoms with Crippen LogP contribution in [-0.4, -0.2) is 106 Å². The Morgan fingerprint density at radius 3 is 1.67 bits per heavy atom. The summed E-state index contributed by atoms with van der Waals surface area (Å²) in [6.07, 6.45) is 3.30. The topological polar surface area (TPSA) is 103 Å². The van der Waals surface area contributed by atoms with Crippen LogP contribution in [-0.2, 0) is 9.59 Å². The third-order valence-electron chi connectivity index (χ3n) is 9.79. The van der Waals surface area contributed by atoms with Gasteiger partial charge in [-0.3, -0.25) is 19.3 Å². The van der Waals surface area contributed by atoms with Gasteiger partial charge in [0.2, 0.25) is 11.8 Å². The molecule has 3 aliphatic heterocycles. The van der Waals surface area contributed by atoms with Gasteiger partial charge in [0.05, 0.1) is 16.9 Å². The van der Waals surface area contributed by atoms with E-state index in [-0.39, 0.29) is 23.6 Å². The maximum atomic E-state index is 13.8. The van der Waals surface area contributed by atoms with E-state index < -0.39 is 5.54 Å². The molecule has 9 nitrogen and oxygen atoms in total. The third kappa shape index (κ3) is 7.16. The number of hydrogen-bond acceptors (Lipinski definition) is 6. The van der Waals surface area contributed by atoms with Gasteiger partial charge < -0.3 is 20.4 Å². The molecule has 0 spiro atoms. The van der Waals surface area contributed by atoms with Gasteiger partial charge in [-0.05, 0) is 51.7 Å². The van der Waals surface area contributed by atoms with E-state index >= 15 is 0 Å². The minimum Gasteiger partial charge on any atom is -0.342 e. The summed E-state index contributed by atoms with van der Waals surface area (Å²) in [7, 11) is 0. The maximum Gasteiger partial charge on any atom is 0.254 e. The molecule has 242 valence electrons. The number of piperidine rings is 2. The van der Waals surface area contributed by atoms with Gasteiger partial charge in [0.25, 0.3) is 5.91 Å². The van der Waals surface area contributed by atoms with E-state index in [1.165, 1.54) is 0 Å². The summed E-state index contributed by atoms with van der Waals surface area (Å²) in [6, 6.07) is 24.3. The maximum absolute atomic E-state index is 13.8. The summed E-state index contributed by atoms with van der Waals surface area (Å²) in [5.74, 6) is 0.208. The monoisotopic (exact) mass is 622 g/mol. The van der Waals surface area contributed by atoms with Gasteiger partial charge in [-0.25, -0.2) is 4.98 Å². The molecule has 0 unspecified atom stereocenters. The first kappa shape index (κ1) is 31.9. The van der Waals surface area contributed by atoms with Gasteiger partial charge in [0.15, 0.2) is 0 Å². The number of benzene rings is 2. The predicted octanol–water partition coefficient (Wildman–Crippen LogP) is 4.14. The van der Waals surface area contributed by atoms with Crippen LogP contribution in [0.4, 0.5) is 0 Å². The van der Waals surface area contributed by atoms with Crippen LogP contribution < -0.4 is 5.73 Å². The molecule has 2 N–H and O–H groups in total. The van der Waals surface area contributed by atoms with Crippen molar-refractivity contribution >= 4 is 17.7 Å². The molecular formula is C37H46N6O3. The van der Waals surface area contributed by atoms with E-state index in [1.807, 2.05) is 82.6 Å². The molecular weight excluding hydrogens is 576 g/mol. The highest BCUT2D eigenvalue weighted by Crippen LogP contribution is 2.28. The Morgan fingerprint density at radius 2 is 1.17 bits per heavy atom. The molecule has 3 aliphatic rings. The lowest BCUT2D eigenvalue weighted by atomic mass is 9.92. The summed E-state index contributed by atoms with van der Waals surface area (Å²) in [4.78, 5) is 52.9. The van der Waals surface area contributed by atoms with Crippen molar-refractivity contribution in [1.29, 1.82) is 0 Å². The number of carbonyl (C=O) groups excluding carboxylic acids is 3. The van der Waals surface area contributed by atoms with Gasteiger partial charge in [0, 0.05) is 81.0 Å². The fourth-order valence-corrected chi connectivity index (χ4v) is 7.09. The molecule has 0 radical (unpaired) electrons. The van der Waals surface area contributed by atoms with Crippen LogP contribution in [0.2, 0.25) is 0 Å². The van der Waals surface area contributed by atoms with E-state index in [0.717, 1.165) is 61.5 Å². The molecule has 0 atom stereocenters. The van der Waals surface area contributed by atoms with Gasteiger partial charge in [-0.15, -0.1) is 0 Å². The largest absolute Gasteiger partial charge is 0.342 e. The number of hydrogen-bond donors (Lipinski definition) is 1. The number of pyridine rings is 1. The number of nitrogens with two attached hydrogens (primary N) is 1. The average molecular weight is 623 g/mol. The second-order valence-electron chi connectivity index (χ2n) is 13.5. The number of aromatic nitrogens is 1. The standard InChI is InChI=1S/C37H46N6O3/c1-37(2,38)36(46)43-17-13-29(14-18-43)34(44)41-19-15-31(16-20-41)40-21-23-42(24-22-40)35(45)30-25-32(27-9-5-3-6-10-27)39-33(26-30)28-11-7-4-8-12-28/h3-12,25-26,29,31H,13-24,38H2,1-2H3. The Kier molecular flexibility index (Phi) is 9.52. The van der Waals surface area contributed by atoms with Crippen molar-refractivity contribution in [2.45, 2.75) is 51.1 Å². The molecule has 3 saturated heterocycles. The SMILES string of the molecule is CC(C)(N)C(=O)N1CCC(C(=O)N2CCC(N3CCN(C(=O)c4cc(-c5ccccc5)nc(-c5ccccc5)c4)CC3)CC2)CC1. The second kappa shape index (κ2) is 13.7. The van der Waals surface area contributed by atoms with Crippen LogP contribution >= 0.6 is 0 Å². The van der Waals surface area contributed by atoms with Gasteiger partial charge in [-0.1, -0.05) is 60.7 Å². The van der Waals surface area contributed by atoms with Crippen molar-refractivity contribution in [1.82, 2.24) is 24.6 Å². The number of carbonyl (C=O) groups is 3. The summed E-state index contributed by atoms with van der Waals surface area (Å²) in [5, 5.41) is 0. The van der Waals surface area contributed by atoms with Crippen LogP contribution in [0.3, 0.4) is 0 Å². The van der Waals surface area contributed by atoms with E-state index in [9.17, 15) is 14.4 Å². The van der Waals surface area contributed by atoms with E-state index in [1.54, 1.807) is 18.7 Å². The highest BCUT2D eigenvalue weighted by molar-refractivity contribution is 5.96. The number of piperazine rings is 1. The first-order valence-electron chi connectivity index (χ1n) is 16.7. The lowest BCUT2D eigenvalue weighted by molar-refractivity contribution is -0.143. The van der Waals surface area contributed by atoms with Crippen molar-refractivity contribution in [2.75, 3.05) is 52.4 Å². The molecule has 9 heteroatoms. The van der Waals surface area contributed by atoms with Crippen LogP contribution in [0.25, 0.3) is 22.5 Å². The molecule has 0 saturated carbocycles. The summed E-state index contributed by atoms with van der Waals surface area (Å²) in [5.41, 5.74) is 9.35. The number of nitrogens with zero attached hydrogens (tertiary/aromatic N) is 5. The fraction of sp³-hybridized carbons (Fsp3) is 0.459.